The molecule has 126 valence electrons. The minimum Gasteiger partial charge on any atom is -0.394 e. The van der Waals surface area contributed by atoms with Crippen molar-refractivity contribution in [2.75, 3.05) is 39.4 Å². The lowest BCUT2D eigenvalue weighted by Crippen LogP contribution is -2.51. The molecule has 1 unspecified atom stereocenters. The number of benzene rings is 1. The van der Waals surface area contributed by atoms with Gasteiger partial charge < -0.3 is 19.6 Å². The monoisotopic (exact) mass is 340 g/mol. The third kappa shape index (κ3) is 4.16. The lowest BCUT2D eigenvalue weighted by molar-refractivity contribution is -0.0433. The number of likely N-dealkylation sites (tertiary alicyclic amines) is 1. The van der Waals surface area contributed by atoms with Gasteiger partial charge in [-0.25, -0.2) is 9.18 Å². The molecule has 2 fully saturated rings. The Hall–Kier alpha value is -1.31. The first-order valence-electron chi connectivity index (χ1n) is 7.84. The van der Waals surface area contributed by atoms with Crippen molar-refractivity contribution < 1.29 is 19.0 Å². The summed E-state index contributed by atoms with van der Waals surface area (Å²) in [5.74, 6) is -0.233. The molecule has 1 aromatic carbocycles. The van der Waals surface area contributed by atoms with Crippen LogP contribution in [-0.2, 0) is 4.74 Å². The molecule has 1 aromatic rings. The van der Waals surface area contributed by atoms with E-state index in [1.54, 1.807) is 28.8 Å². The molecule has 2 aliphatic heterocycles. The van der Waals surface area contributed by atoms with Crippen LogP contribution in [0.25, 0.3) is 0 Å². The molecule has 0 spiro atoms. The molecular formula is C16H21FN2O3S. The van der Waals surface area contributed by atoms with Crippen molar-refractivity contribution in [1.29, 1.82) is 0 Å². The number of carbonyl (C=O) groups excluding carboxylic acids is 1. The third-order valence-corrected chi connectivity index (χ3v) is 5.41. The van der Waals surface area contributed by atoms with Crippen LogP contribution in [0.1, 0.15) is 6.42 Å². The highest BCUT2D eigenvalue weighted by Crippen LogP contribution is 2.30. The Morgan fingerprint density at radius 1 is 1.26 bits per heavy atom. The first-order valence-corrected chi connectivity index (χ1v) is 8.72. The van der Waals surface area contributed by atoms with Crippen molar-refractivity contribution >= 4 is 17.8 Å². The zero-order chi connectivity index (χ0) is 16.2. The molecule has 3 rings (SSSR count). The zero-order valence-electron chi connectivity index (χ0n) is 12.9. The zero-order valence-corrected chi connectivity index (χ0v) is 13.7. The Morgan fingerprint density at radius 2 is 2.00 bits per heavy atom. The topological polar surface area (TPSA) is 53.0 Å². The van der Waals surface area contributed by atoms with E-state index in [1.807, 2.05) is 4.90 Å². The Kier molecular flexibility index (Phi) is 5.40. The van der Waals surface area contributed by atoms with Crippen LogP contribution >= 0.6 is 11.8 Å². The van der Waals surface area contributed by atoms with Gasteiger partial charge in [0, 0.05) is 29.8 Å². The molecular weight excluding hydrogens is 319 g/mol. The number of ether oxygens (including phenoxy) is 1. The number of thioether (sulfide) groups is 1. The first-order chi connectivity index (χ1) is 11.2. The molecule has 0 aliphatic carbocycles. The number of nitrogens with zero attached hydrogens (tertiary/aromatic N) is 2. The summed E-state index contributed by atoms with van der Waals surface area (Å²) in [6.07, 6.45) is 0.654. The van der Waals surface area contributed by atoms with Crippen molar-refractivity contribution in [1.82, 2.24) is 9.80 Å². The van der Waals surface area contributed by atoms with Gasteiger partial charge in [-0.15, -0.1) is 11.8 Å². The smallest absolute Gasteiger partial charge is 0.320 e. The lowest BCUT2D eigenvalue weighted by atomic mass is 10.3. The Balaban J connectivity index is 1.52. The SMILES string of the molecule is O=C(N1CCC(Sc2ccc(F)cc2)C1)N1CCO[C@H](CO)C1. The minimum absolute atomic E-state index is 0.0222. The number of hydrogen-bond donors (Lipinski definition) is 1. The van der Waals surface area contributed by atoms with Crippen molar-refractivity contribution in [3.8, 4) is 0 Å². The van der Waals surface area contributed by atoms with E-state index < -0.39 is 0 Å². The van der Waals surface area contributed by atoms with Crippen LogP contribution in [0.5, 0.6) is 0 Å². The summed E-state index contributed by atoms with van der Waals surface area (Å²) >= 11 is 1.69. The summed E-state index contributed by atoms with van der Waals surface area (Å²) in [5.41, 5.74) is 0. The van der Waals surface area contributed by atoms with Gasteiger partial charge in [-0.3, -0.25) is 0 Å². The normalized spacial score (nSPS) is 25.0. The van der Waals surface area contributed by atoms with Crippen LogP contribution in [0.3, 0.4) is 0 Å². The molecule has 0 saturated carbocycles. The molecule has 2 heterocycles. The first kappa shape index (κ1) is 16.5. The maximum Gasteiger partial charge on any atom is 0.320 e. The standard InChI is InChI=1S/C16H21FN2O3S/c17-12-1-3-14(4-2-12)23-15-5-6-18(10-15)16(21)19-7-8-22-13(9-19)11-20/h1-4,13,15,20H,5-11H2/t13-,15?/m0/s1. The highest BCUT2D eigenvalue weighted by molar-refractivity contribution is 8.00. The van der Waals surface area contributed by atoms with E-state index in [9.17, 15) is 14.3 Å². The summed E-state index contributed by atoms with van der Waals surface area (Å²) in [7, 11) is 0. The number of halogens is 1. The van der Waals surface area contributed by atoms with Crippen LogP contribution in [0, 0.1) is 5.82 Å². The number of carbonyl (C=O) groups is 1. The van der Waals surface area contributed by atoms with Gasteiger partial charge in [0.2, 0.25) is 0 Å². The number of morpholine rings is 1. The van der Waals surface area contributed by atoms with Crippen molar-refractivity contribution in [2.24, 2.45) is 0 Å². The largest absolute Gasteiger partial charge is 0.394 e. The Morgan fingerprint density at radius 3 is 2.74 bits per heavy atom. The van der Waals surface area contributed by atoms with E-state index in [-0.39, 0.29) is 24.6 Å². The predicted octanol–water partition coefficient (Wildman–Crippen LogP) is 1.81. The number of aliphatic hydroxyl groups is 1. The predicted molar refractivity (Wildman–Crippen MR) is 86.0 cm³/mol. The summed E-state index contributed by atoms with van der Waals surface area (Å²) in [6, 6.07) is 6.50. The van der Waals surface area contributed by atoms with Gasteiger partial charge in [0.15, 0.2) is 0 Å². The average Bonchev–Trinajstić information content (AvgIpc) is 3.05. The second-order valence-corrected chi connectivity index (χ2v) is 7.21. The summed E-state index contributed by atoms with van der Waals surface area (Å²) in [5, 5.41) is 9.51. The van der Waals surface area contributed by atoms with E-state index in [2.05, 4.69) is 0 Å². The van der Waals surface area contributed by atoms with Gasteiger partial charge in [0.25, 0.3) is 0 Å². The van der Waals surface area contributed by atoms with Gasteiger partial charge in [-0.05, 0) is 30.7 Å². The van der Waals surface area contributed by atoms with Gasteiger partial charge in [-0.2, -0.15) is 0 Å². The number of rotatable bonds is 3. The molecule has 5 nitrogen and oxygen atoms in total. The van der Waals surface area contributed by atoms with E-state index >= 15 is 0 Å². The van der Waals surface area contributed by atoms with Crippen LogP contribution in [0.15, 0.2) is 29.2 Å². The summed E-state index contributed by atoms with van der Waals surface area (Å²) < 4.78 is 18.3. The molecule has 23 heavy (non-hydrogen) atoms. The van der Waals surface area contributed by atoms with E-state index in [1.165, 1.54) is 12.1 Å². The number of aliphatic hydroxyl groups excluding tert-OH is 1. The van der Waals surface area contributed by atoms with E-state index in [0.717, 1.165) is 17.9 Å². The Labute approximate surface area is 139 Å². The molecule has 2 amide bonds. The molecule has 2 saturated heterocycles. The van der Waals surface area contributed by atoms with Crippen molar-refractivity contribution in [2.45, 2.75) is 22.7 Å². The lowest BCUT2D eigenvalue weighted by Gasteiger charge is -2.34. The van der Waals surface area contributed by atoms with E-state index in [0.29, 0.717) is 31.5 Å². The quantitative estimate of drug-likeness (QED) is 0.912. The van der Waals surface area contributed by atoms with Crippen LogP contribution in [-0.4, -0.2) is 71.7 Å². The fourth-order valence-corrected chi connectivity index (χ4v) is 4.06. The number of amides is 2. The van der Waals surface area contributed by atoms with Gasteiger partial charge in [0.05, 0.1) is 25.9 Å². The van der Waals surface area contributed by atoms with Crippen LogP contribution in [0.4, 0.5) is 9.18 Å². The molecule has 7 heteroatoms. The molecule has 2 aliphatic rings. The summed E-state index contributed by atoms with van der Waals surface area (Å²) in [4.78, 5) is 17.2. The maximum atomic E-state index is 12.9. The second kappa shape index (κ2) is 7.51. The summed E-state index contributed by atoms with van der Waals surface area (Å²) in [6.45, 7) is 2.86. The number of urea groups is 1. The van der Waals surface area contributed by atoms with Crippen molar-refractivity contribution in [3.05, 3.63) is 30.1 Å². The maximum absolute atomic E-state index is 12.9. The van der Waals surface area contributed by atoms with Crippen molar-refractivity contribution in [3.63, 3.8) is 0 Å². The number of hydrogen-bond acceptors (Lipinski definition) is 4. The molecule has 0 radical (unpaired) electrons. The highest BCUT2D eigenvalue weighted by Gasteiger charge is 2.32. The fourth-order valence-electron chi connectivity index (χ4n) is 2.91. The molecule has 0 bridgehead atoms. The second-order valence-electron chi connectivity index (χ2n) is 5.83. The van der Waals surface area contributed by atoms with Gasteiger partial charge >= 0.3 is 6.03 Å². The Bertz CT molecular complexity index is 543. The molecule has 1 N–H and O–H groups in total. The fraction of sp³-hybridized carbons (Fsp3) is 0.562. The van der Waals surface area contributed by atoms with Crippen LogP contribution < -0.4 is 0 Å². The molecule has 0 aromatic heterocycles. The van der Waals surface area contributed by atoms with Crippen LogP contribution in [0.2, 0.25) is 0 Å². The average molecular weight is 340 g/mol. The third-order valence-electron chi connectivity index (χ3n) is 4.14. The van der Waals surface area contributed by atoms with Gasteiger partial charge in [-0.1, -0.05) is 0 Å². The molecule has 2 atom stereocenters. The minimum atomic E-state index is -0.278. The highest BCUT2D eigenvalue weighted by atomic mass is 32.2. The van der Waals surface area contributed by atoms with E-state index in [4.69, 9.17) is 4.74 Å². The van der Waals surface area contributed by atoms with Gasteiger partial charge in [0.1, 0.15) is 5.82 Å².